The summed E-state index contributed by atoms with van der Waals surface area (Å²) >= 11 is 0. The number of hydrogen-bond donors (Lipinski definition) is 2. The summed E-state index contributed by atoms with van der Waals surface area (Å²) in [7, 11) is 0. The summed E-state index contributed by atoms with van der Waals surface area (Å²) in [6, 6.07) is 11.3. The van der Waals surface area contributed by atoms with Crippen LogP contribution in [0, 0.1) is 11.6 Å². The lowest BCUT2D eigenvalue weighted by atomic mass is 10.0. The van der Waals surface area contributed by atoms with Gasteiger partial charge >= 0.3 is 0 Å². The molecule has 130 valence electrons. The Hall–Kier alpha value is -1.70. The quantitative estimate of drug-likeness (QED) is 0.399. The summed E-state index contributed by atoms with van der Waals surface area (Å²) in [5.41, 5.74) is 8.18. The van der Waals surface area contributed by atoms with Gasteiger partial charge in [0, 0.05) is 12.2 Å². The van der Waals surface area contributed by atoms with Gasteiger partial charge in [-0.3, -0.25) is 4.99 Å². The van der Waals surface area contributed by atoms with Crippen molar-refractivity contribution in [1.82, 2.24) is 0 Å². The Morgan fingerprint density at radius 2 is 1.92 bits per heavy atom. The van der Waals surface area contributed by atoms with Crippen LogP contribution in [0.15, 0.2) is 47.5 Å². The highest BCUT2D eigenvalue weighted by Gasteiger charge is 2.04. The maximum absolute atomic E-state index is 13.5. The summed E-state index contributed by atoms with van der Waals surface area (Å²) in [4.78, 5) is 4.15. The van der Waals surface area contributed by atoms with Crippen molar-refractivity contribution in [1.29, 1.82) is 0 Å². The Morgan fingerprint density at radius 1 is 1.17 bits per heavy atom. The second-order valence-corrected chi connectivity index (χ2v) is 5.66. The first-order chi connectivity index (χ1) is 11.0. The normalized spacial score (nSPS) is 11.3. The van der Waals surface area contributed by atoms with Crippen LogP contribution in [0.5, 0.6) is 0 Å². The van der Waals surface area contributed by atoms with Crippen molar-refractivity contribution in [3.8, 4) is 0 Å². The van der Waals surface area contributed by atoms with E-state index in [-0.39, 0.29) is 42.9 Å². The number of guanidine groups is 1. The molecule has 0 aromatic heterocycles. The molecule has 0 unspecified atom stereocenters. The van der Waals surface area contributed by atoms with Crippen molar-refractivity contribution < 1.29 is 8.78 Å². The average molecular weight is 445 g/mol. The van der Waals surface area contributed by atoms with Gasteiger partial charge < -0.3 is 11.1 Å². The lowest BCUT2D eigenvalue weighted by Crippen LogP contribution is -2.23. The van der Waals surface area contributed by atoms with E-state index < -0.39 is 11.6 Å². The molecule has 0 saturated heterocycles. The first-order valence-corrected chi connectivity index (χ1v) is 7.56. The van der Waals surface area contributed by atoms with Gasteiger partial charge in [0.15, 0.2) is 5.96 Å². The van der Waals surface area contributed by atoms with E-state index in [2.05, 4.69) is 30.2 Å². The molecule has 0 aliphatic rings. The predicted octanol–water partition coefficient (Wildman–Crippen LogP) is 4.68. The zero-order valence-corrected chi connectivity index (χ0v) is 16.1. The highest BCUT2D eigenvalue weighted by molar-refractivity contribution is 14.0. The topological polar surface area (TPSA) is 50.4 Å². The van der Waals surface area contributed by atoms with Crippen LogP contribution in [0.2, 0.25) is 0 Å². The predicted molar refractivity (Wildman–Crippen MR) is 106 cm³/mol. The molecule has 0 bridgehead atoms. The molecule has 6 heteroatoms. The molecule has 0 saturated carbocycles. The fraction of sp³-hybridized carbons (Fsp3) is 0.278. The number of rotatable bonds is 5. The third-order valence-electron chi connectivity index (χ3n) is 3.50. The second-order valence-electron chi connectivity index (χ2n) is 5.66. The van der Waals surface area contributed by atoms with E-state index >= 15 is 0 Å². The van der Waals surface area contributed by atoms with E-state index in [4.69, 9.17) is 5.73 Å². The summed E-state index contributed by atoms with van der Waals surface area (Å²) in [5.74, 6) is -0.215. The van der Waals surface area contributed by atoms with Gasteiger partial charge in [-0.15, -0.1) is 24.0 Å². The van der Waals surface area contributed by atoms with Crippen molar-refractivity contribution in [2.75, 3.05) is 11.9 Å². The molecule has 24 heavy (non-hydrogen) atoms. The van der Waals surface area contributed by atoms with Crippen LogP contribution < -0.4 is 11.1 Å². The Morgan fingerprint density at radius 3 is 2.62 bits per heavy atom. The van der Waals surface area contributed by atoms with Crippen molar-refractivity contribution in [3.63, 3.8) is 0 Å². The largest absolute Gasteiger partial charge is 0.370 e. The SMILES string of the molecule is CC(C)c1cccc(NC(N)=NCCc2cc(F)ccc2F)c1.I. The minimum Gasteiger partial charge on any atom is -0.370 e. The van der Waals surface area contributed by atoms with E-state index in [1.165, 1.54) is 11.6 Å². The van der Waals surface area contributed by atoms with Crippen LogP contribution in [0.1, 0.15) is 30.9 Å². The summed E-state index contributed by atoms with van der Waals surface area (Å²) in [5, 5.41) is 3.01. The molecule has 0 aliphatic carbocycles. The zero-order chi connectivity index (χ0) is 16.8. The number of anilines is 1. The third-order valence-corrected chi connectivity index (χ3v) is 3.50. The Balaban J connectivity index is 0.00000288. The van der Waals surface area contributed by atoms with Crippen molar-refractivity contribution in [2.24, 2.45) is 10.7 Å². The van der Waals surface area contributed by atoms with E-state index in [0.717, 1.165) is 17.8 Å². The fourth-order valence-corrected chi connectivity index (χ4v) is 2.19. The molecular formula is C18H22F2IN3. The van der Waals surface area contributed by atoms with Crippen LogP contribution in [-0.4, -0.2) is 12.5 Å². The highest BCUT2D eigenvalue weighted by atomic mass is 127. The van der Waals surface area contributed by atoms with Crippen LogP contribution in [-0.2, 0) is 6.42 Å². The molecule has 0 aliphatic heterocycles. The number of nitrogens with two attached hydrogens (primary N) is 1. The van der Waals surface area contributed by atoms with Gasteiger partial charge in [-0.25, -0.2) is 8.78 Å². The molecule has 2 aromatic rings. The molecule has 0 amide bonds. The van der Waals surface area contributed by atoms with Gasteiger partial charge in [0.05, 0.1) is 0 Å². The minimum atomic E-state index is -0.457. The van der Waals surface area contributed by atoms with Gasteiger partial charge in [-0.1, -0.05) is 26.0 Å². The second kappa shape index (κ2) is 9.56. The highest BCUT2D eigenvalue weighted by Crippen LogP contribution is 2.18. The smallest absolute Gasteiger partial charge is 0.193 e. The first kappa shape index (κ1) is 20.3. The summed E-state index contributed by atoms with van der Waals surface area (Å²) in [6.07, 6.45) is 0.290. The first-order valence-electron chi connectivity index (χ1n) is 7.56. The zero-order valence-electron chi connectivity index (χ0n) is 13.7. The molecule has 0 heterocycles. The minimum absolute atomic E-state index is 0. The molecule has 0 radical (unpaired) electrons. The number of hydrogen-bond acceptors (Lipinski definition) is 1. The third kappa shape index (κ3) is 6.07. The van der Waals surface area contributed by atoms with Gasteiger partial charge in [0.25, 0.3) is 0 Å². The van der Waals surface area contributed by atoms with Crippen molar-refractivity contribution >= 4 is 35.6 Å². The lowest BCUT2D eigenvalue weighted by Gasteiger charge is -2.10. The molecule has 2 aromatic carbocycles. The van der Waals surface area contributed by atoms with E-state index in [1.807, 2.05) is 18.2 Å². The van der Waals surface area contributed by atoms with Crippen molar-refractivity contribution in [3.05, 3.63) is 65.2 Å². The molecule has 3 N–H and O–H groups in total. The molecule has 0 atom stereocenters. The number of benzene rings is 2. The van der Waals surface area contributed by atoms with E-state index in [0.29, 0.717) is 11.5 Å². The fourth-order valence-electron chi connectivity index (χ4n) is 2.19. The molecule has 0 fully saturated rings. The van der Waals surface area contributed by atoms with Crippen LogP contribution in [0.25, 0.3) is 0 Å². The van der Waals surface area contributed by atoms with Crippen molar-refractivity contribution in [2.45, 2.75) is 26.2 Å². The standard InChI is InChI=1S/C18H21F2N3.HI/c1-12(2)13-4-3-5-16(11-13)23-18(21)22-9-8-14-10-15(19)6-7-17(14)20;/h3-7,10-12H,8-9H2,1-2H3,(H3,21,22,23);1H. The molecule has 3 nitrogen and oxygen atoms in total. The number of halogens is 3. The van der Waals surface area contributed by atoms with E-state index in [1.54, 1.807) is 0 Å². The summed E-state index contributed by atoms with van der Waals surface area (Å²) in [6.45, 7) is 4.51. The maximum Gasteiger partial charge on any atom is 0.193 e. The van der Waals surface area contributed by atoms with Crippen LogP contribution >= 0.6 is 24.0 Å². The average Bonchev–Trinajstić information content (AvgIpc) is 2.51. The van der Waals surface area contributed by atoms with Crippen LogP contribution in [0.4, 0.5) is 14.5 Å². The Labute approximate surface area is 158 Å². The van der Waals surface area contributed by atoms with Gasteiger partial charge in [0.2, 0.25) is 0 Å². The van der Waals surface area contributed by atoms with Gasteiger partial charge in [-0.2, -0.15) is 0 Å². The van der Waals surface area contributed by atoms with E-state index in [9.17, 15) is 8.78 Å². The molecule has 0 spiro atoms. The summed E-state index contributed by atoms with van der Waals surface area (Å²) < 4.78 is 26.6. The molecular weight excluding hydrogens is 423 g/mol. The van der Waals surface area contributed by atoms with Gasteiger partial charge in [-0.05, 0) is 53.8 Å². The number of nitrogens with zero attached hydrogens (tertiary/aromatic N) is 1. The Kier molecular flexibility index (Phi) is 8.10. The number of aliphatic imine (C=N–C) groups is 1. The van der Waals surface area contributed by atoms with Crippen LogP contribution in [0.3, 0.4) is 0 Å². The maximum atomic E-state index is 13.5. The Bertz CT molecular complexity index is 702. The monoisotopic (exact) mass is 445 g/mol. The van der Waals surface area contributed by atoms with Gasteiger partial charge in [0.1, 0.15) is 11.6 Å². The number of nitrogens with one attached hydrogen (secondary N) is 1. The lowest BCUT2D eigenvalue weighted by molar-refractivity contribution is 0.585. The molecule has 2 rings (SSSR count).